The number of carbonyl (C=O) groups is 2. The number of hydrogen-bond donors (Lipinski definition) is 2. The maximum atomic E-state index is 11.3. The predicted molar refractivity (Wildman–Crippen MR) is 123 cm³/mol. The first-order valence-electron chi connectivity index (χ1n) is 11.2. The fourth-order valence-corrected chi connectivity index (χ4v) is 5.22. The fraction of sp³-hybridized carbons (Fsp3) is 0.917. The first kappa shape index (κ1) is 30.7. The molecule has 10 heteroatoms. The van der Waals surface area contributed by atoms with Crippen LogP contribution in [-0.4, -0.2) is 84.6 Å². The molecule has 2 saturated heterocycles. The minimum atomic E-state index is -0.901. The molecule has 4 aliphatic rings. The number of esters is 2. The standard InChI is InChI=1S/C13H20O6.C9H16O4.2CH4/c1-5-9-6-13(9)11(18-8(3)15)10(17-7(2)14)12(16-4)19-13;1-3-5-4-9(5)7(11)6(10)8(12-2)13-9;;/h9-12H,5-6H2,1-4H3;5-8,10-11H,3-4H2,1-2H3;2*1H4/t9-,10?,11-,12-,13-;5-,6?,7-,8-,9-;;/m11../s1. The second kappa shape index (κ2) is 11.6. The largest absolute Gasteiger partial charge is 0.455 e. The highest BCUT2D eigenvalue weighted by Crippen LogP contribution is 2.58. The van der Waals surface area contributed by atoms with Gasteiger partial charge < -0.3 is 38.6 Å². The second-order valence-electron chi connectivity index (χ2n) is 9.01. The molecule has 2 unspecified atom stereocenters. The van der Waals surface area contributed by atoms with Gasteiger partial charge >= 0.3 is 11.9 Å². The van der Waals surface area contributed by atoms with E-state index in [2.05, 4.69) is 13.8 Å². The van der Waals surface area contributed by atoms with E-state index in [4.69, 9.17) is 28.4 Å². The van der Waals surface area contributed by atoms with Crippen molar-refractivity contribution in [1.29, 1.82) is 0 Å². The first-order valence-corrected chi connectivity index (χ1v) is 11.2. The van der Waals surface area contributed by atoms with Crippen molar-refractivity contribution in [3.8, 4) is 0 Å². The van der Waals surface area contributed by atoms with Gasteiger partial charge in [-0.1, -0.05) is 41.5 Å². The molecule has 2 N–H and O–H groups in total. The molecular formula is C24H44O10. The van der Waals surface area contributed by atoms with Gasteiger partial charge in [-0.15, -0.1) is 0 Å². The van der Waals surface area contributed by atoms with Crippen molar-refractivity contribution in [2.45, 2.75) is 116 Å². The van der Waals surface area contributed by atoms with Crippen LogP contribution in [0.2, 0.25) is 0 Å². The Morgan fingerprint density at radius 3 is 1.71 bits per heavy atom. The summed E-state index contributed by atoms with van der Waals surface area (Å²) >= 11 is 0. The van der Waals surface area contributed by atoms with Gasteiger partial charge in [0.2, 0.25) is 0 Å². The summed E-state index contributed by atoms with van der Waals surface area (Å²) in [5.41, 5.74) is -1.06. The van der Waals surface area contributed by atoms with Gasteiger partial charge in [0.25, 0.3) is 0 Å². The lowest BCUT2D eigenvalue weighted by atomic mass is 10.1. The normalized spacial score (nSPS) is 43.3. The summed E-state index contributed by atoms with van der Waals surface area (Å²) in [6.45, 7) is 6.76. The zero-order valence-corrected chi connectivity index (χ0v) is 19.6. The maximum absolute atomic E-state index is 11.3. The number of rotatable bonds is 6. The highest BCUT2D eigenvalue weighted by molar-refractivity contribution is 5.67. The molecule has 4 fully saturated rings. The van der Waals surface area contributed by atoms with E-state index in [1.54, 1.807) is 0 Å². The third kappa shape index (κ3) is 5.42. The average molecular weight is 493 g/mol. The number of methoxy groups -OCH3 is 2. The predicted octanol–water partition coefficient (Wildman–Crippen LogP) is 2.17. The van der Waals surface area contributed by atoms with E-state index in [0.717, 1.165) is 25.7 Å². The Bertz CT molecular complexity index is 701. The van der Waals surface area contributed by atoms with E-state index in [1.165, 1.54) is 28.1 Å². The van der Waals surface area contributed by atoms with Crippen molar-refractivity contribution in [2.75, 3.05) is 14.2 Å². The molecule has 0 radical (unpaired) electrons. The zero-order valence-electron chi connectivity index (χ0n) is 19.6. The van der Waals surface area contributed by atoms with Gasteiger partial charge in [-0.2, -0.15) is 0 Å². The van der Waals surface area contributed by atoms with Crippen molar-refractivity contribution in [2.24, 2.45) is 11.8 Å². The van der Waals surface area contributed by atoms with Crippen LogP contribution in [0, 0.1) is 11.8 Å². The number of aliphatic hydroxyl groups is 2. The smallest absolute Gasteiger partial charge is 0.303 e. The lowest BCUT2D eigenvalue weighted by molar-refractivity contribution is -0.181. The van der Waals surface area contributed by atoms with Crippen molar-refractivity contribution in [3.05, 3.63) is 0 Å². The van der Waals surface area contributed by atoms with Gasteiger partial charge in [0.05, 0.1) is 0 Å². The summed E-state index contributed by atoms with van der Waals surface area (Å²) in [7, 11) is 2.96. The first-order chi connectivity index (χ1) is 15.1. The Labute approximate surface area is 203 Å². The van der Waals surface area contributed by atoms with Crippen molar-refractivity contribution < 1.29 is 48.2 Å². The number of ether oxygens (including phenoxy) is 6. The van der Waals surface area contributed by atoms with Crippen LogP contribution < -0.4 is 0 Å². The van der Waals surface area contributed by atoms with Crippen LogP contribution in [0.3, 0.4) is 0 Å². The molecule has 2 aliphatic carbocycles. The Morgan fingerprint density at radius 1 is 0.853 bits per heavy atom. The molecule has 200 valence electrons. The quantitative estimate of drug-likeness (QED) is 0.532. The van der Waals surface area contributed by atoms with Gasteiger partial charge in [0.1, 0.15) is 23.4 Å². The van der Waals surface area contributed by atoms with Crippen molar-refractivity contribution >= 4 is 11.9 Å². The summed E-state index contributed by atoms with van der Waals surface area (Å²) in [4.78, 5) is 22.5. The summed E-state index contributed by atoms with van der Waals surface area (Å²) in [5, 5.41) is 19.3. The fourth-order valence-electron chi connectivity index (χ4n) is 5.22. The minimum Gasteiger partial charge on any atom is -0.455 e. The molecular weight excluding hydrogens is 448 g/mol. The Hall–Kier alpha value is -1.30. The molecule has 10 atom stereocenters. The SMILES string of the molecule is C.C.CC[C@@H]1C[C@@]12O[C@@H](OC)C(O)[C@H]2O.CC[C@@H]1C[C@@]12O[C@@H](OC)C(OC(C)=O)[C@H]2OC(C)=O. The number of aliphatic hydroxyl groups excluding tert-OH is 2. The topological polar surface area (TPSA) is 130 Å². The van der Waals surface area contributed by atoms with Crippen LogP contribution in [0.1, 0.15) is 68.2 Å². The van der Waals surface area contributed by atoms with Crippen LogP contribution >= 0.6 is 0 Å². The van der Waals surface area contributed by atoms with E-state index >= 15 is 0 Å². The molecule has 2 aliphatic heterocycles. The average Bonchev–Trinajstić information content (AvgIpc) is 3.61. The van der Waals surface area contributed by atoms with Crippen molar-refractivity contribution in [1.82, 2.24) is 0 Å². The molecule has 2 spiro atoms. The van der Waals surface area contributed by atoms with Gasteiger partial charge in [0, 0.05) is 28.1 Å². The van der Waals surface area contributed by atoms with E-state index in [0.29, 0.717) is 11.8 Å². The van der Waals surface area contributed by atoms with E-state index in [1.807, 2.05) is 0 Å². The summed E-state index contributed by atoms with van der Waals surface area (Å²) in [6.07, 6.45) is -0.825. The molecule has 0 aromatic carbocycles. The van der Waals surface area contributed by atoms with Gasteiger partial charge in [0.15, 0.2) is 24.8 Å². The van der Waals surface area contributed by atoms with E-state index in [9.17, 15) is 19.8 Å². The van der Waals surface area contributed by atoms with E-state index < -0.39 is 60.1 Å². The molecule has 4 rings (SSSR count). The van der Waals surface area contributed by atoms with Crippen LogP contribution in [-0.2, 0) is 38.0 Å². The van der Waals surface area contributed by atoms with Gasteiger partial charge in [-0.05, 0) is 24.7 Å². The van der Waals surface area contributed by atoms with Crippen molar-refractivity contribution in [3.63, 3.8) is 0 Å². The van der Waals surface area contributed by atoms with Crippen LogP contribution in [0.5, 0.6) is 0 Å². The van der Waals surface area contributed by atoms with Crippen LogP contribution in [0.15, 0.2) is 0 Å². The van der Waals surface area contributed by atoms with Crippen LogP contribution in [0.25, 0.3) is 0 Å². The number of carbonyl (C=O) groups excluding carboxylic acids is 2. The highest BCUT2D eigenvalue weighted by atomic mass is 16.7. The number of hydrogen-bond acceptors (Lipinski definition) is 10. The molecule has 0 aromatic heterocycles. The molecule has 0 bridgehead atoms. The lowest BCUT2D eigenvalue weighted by Crippen LogP contribution is -2.41. The Morgan fingerprint density at radius 2 is 1.32 bits per heavy atom. The highest BCUT2D eigenvalue weighted by Gasteiger charge is 2.71. The molecule has 0 aromatic rings. The third-order valence-corrected chi connectivity index (χ3v) is 7.06. The zero-order chi connectivity index (χ0) is 23.8. The minimum absolute atomic E-state index is 0. The summed E-state index contributed by atoms with van der Waals surface area (Å²) in [6, 6.07) is 0. The van der Waals surface area contributed by atoms with Gasteiger partial charge in [-0.3, -0.25) is 9.59 Å². The lowest BCUT2D eigenvalue weighted by Gasteiger charge is -2.23. The molecule has 34 heavy (non-hydrogen) atoms. The third-order valence-electron chi connectivity index (χ3n) is 7.06. The Kier molecular flexibility index (Phi) is 10.5. The molecule has 2 saturated carbocycles. The van der Waals surface area contributed by atoms with E-state index in [-0.39, 0.29) is 14.9 Å². The monoisotopic (exact) mass is 492 g/mol. The molecule has 0 amide bonds. The second-order valence-corrected chi connectivity index (χ2v) is 9.01. The van der Waals surface area contributed by atoms with Gasteiger partial charge in [-0.25, -0.2) is 0 Å². The maximum Gasteiger partial charge on any atom is 0.303 e. The summed E-state index contributed by atoms with van der Waals surface area (Å²) in [5.74, 6) is -0.186. The van der Waals surface area contributed by atoms with Crippen LogP contribution in [0.4, 0.5) is 0 Å². The molecule has 2 heterocycles. The summed E-state index contributed by atoms with van der Waals surface area (Å²) < 4.78 is 32.1. The molecule has 10 nitrogen and oxygen atoms in total. The Balaban J connectivity index is 0.000000340.